The Kier molecular flexibility index (Phi) is 6.60. The van der Waals surface area contributed by atoms with E-state index in [0.29, 0.717) is 17.6 Å². The molecule has 1 aromatic carbocycles. The maximum atomic E-state index is 12.5. The average molecular weight is 399 g/mol. The maximum absolute atomic E-state index is 12.5. The number of carbonyl (C=O) groups excluding carboxylic acids is 1. The van der Waals surface area contributed by atoms with E-state index in [9.17, 15) is 4.79 Å². The molecule has 3 rings (SSSR count). The van der Waals surface area contributed by atoms with Gasteiger partial charge in [-0.3, -0.25) is 4.79 Å². The molecule has 5 nitrogen and oxygen atoms in total. The van der Waals surface area contributed by atoms with Crippen LogP contribution in [-0.4, -0.2) is 34.7 Å². The molecule has 1 fully saturated rings. The first-order chi connectivity index (χ1) is 13.3. The van der Waals surface area contributed by atoms with Gasteiger partial charge in [0.25, 0.3) is 0 Å². The zero-order valence-electron chi connectivity index (χ0n) is 17.5. The first kappa shape index (κ1) is 20.6. The highest BCUT2D eigenvalue weighted by molar-refractivity contribution is 7.99. The summed E-state index contributed by atoms with van der Waals surface area (Å²) < 4.78 is 0. The number of piperidine rings is 1. The number of anilines is 2. The number of thioether (sulfide) groups is 1. The van der Waals surface area contributed by atoms with Crippen LogP contribution in [0.15, 0.2) is 29.6 Å². The molecule has 2 heterocycles. The third-order valence-electron chi connectivity index (χ3n) is 5.11. The smallest absolute Gasteiger partial charge is 0.234 e. The van der Waals surface area contributed by atoms with E-state index in [-0.39, 0.29) is 5.91 Å². The van der Waals surface area contributed by atoms with Gasteiger partial charge in [0.2, 0.25) is 5.91 Å². The molecule has 1 aliphatic rings. The van der Waals surface area contributed by atoms with Crippen LogP contribution in [0.1, 0.15) is 37.0 Å². The van der Waals surface area contributed by atoms with Gasteiger partial charge in [-0.25, -0.2) is 9.97 Å². The molecule has 1 aromatic heterocycles. The van der Waals surface area contributed by atoms with E-state index in [1.807, 2.05) is 19.9 Å². The average Bonchev–Trinajstić information content (AvgIpc) is 2.62. The molecule has 0 saturated carbocycles. The fraction of sp³-hybridized carbons (Fsp3) is 0.500. The zero-order chi connectivity index (χ0) is 20.3. The fourth-order valence-corrected chi connectivity index (χ4v) is 4.79. The molecule has 0 spiro atoms. The first-order valence-electron chi connectivity index (χ1n) is 9.89. The SMILES string of the molecule is Cc1cc(C)c(NC(=O)CSc2cc(N3C[C@H](C)C[C@@H](C)C3)ncn2)c(C)c1. The van der Waals surface area contributed by atoms with E-state index >= 15 is 0 Å². The molecule has 0 unspecified atom stereocenters. The Morgan fingerprint density at radius 3 is 2.39 bits per heavy atom. The third-order valence-corrected chi connectivity index (χ3v) is 6.04. The monoisotopic (exact) mass is 398 g/mol. The van der Waals surface area contributed by atoms with E-state index in [1.54, 1.807) is 6.33 Å². The van der Waals surface area contributed by atoms with Crippen molar-refractivity contribution in [2.45, 2.75) is 46.1 Å². The maximum Gasteiger partial charge on any atom is 0.234 e. The number of amides is 1. The number of carbonyl (C=O) groups is 1. The van der Waals surface area contributed by atoms with Crippen LogP contribution in [0.25, 0.3) is 0 Å². The number of hydrogen-bond acceptors (Lipinski definition) is 5. The lowest BCUT2D eigenvalue weighted by Gasteiger charge is -2.35. The second-order valence-electron chi connectivity index (χ2n) is 8.18. The summed E-state index contributed by atoms with van der Waals surface area (Å²) in [5.41, 5.74) is 4.30. The number of aromatic nitrogens is 2. The third kappa shape index (κ3) is 5.25. The summed E-state index contributed by atoms with van der Waals surface area (Å²) in [6.07, 6.45) is 2.87. The topological polar surface area (TPSA) is 58.1 Å². The predicted molar refractivity (Wildman–Crippen MR) is 117 cm³/mol. The minimum atomic E-state index is -0.0135. The van der Waals surface area contributed by atoms with Gasteiger partial charge in [-0.2, -0.15) is 0 Å². The molecule has 150 valence electrons. The second-order valence-corrected chi connectivity index (χ2v) is 9.17. The van der Waals surface area contributed by atoms with Crippen molar-refractivity contribution in [1.29, 1.82) is 0 Å². The minimum Gasteiger partial charge on any atom is -0.356 e. The van der Waals surface area contributed by atoms with Crippen molar-refractivity contribution in [3.8, 4) is 0 Å². The quantitative estimate of drug-likeness (QED) is 0.588. The van der Waals surface area contributed by atoms with Gasteiger partial charge in [0.15, 0.2) is 0 Å². The lowest BCUT2D eigenvalue weighted by atomic mass is 9.92. The molecule has 2 atom stereocenters. The predicted octanol–water partition coefficient (Wildman–Crippen LogP) is 4.61. The molecular weight excluding hydrogens is 368 g/mol. The fourth-order valence-electron chi connectivity index (χ4n) is 4.12. The van der Waals surface area contributed by atoms with Crippen LogP contribution >= 0.6 is 11.8 Å². The lowest BCUT2D eigenvalue weighted by Crippen LogP contribution is -2.39. The number of rotatable bonds is 5. The van der Waals surface area contributed by atoms with Crippen molar-refractivity contribution in [3.05, 3.63) is 41.2 Å². The summed E-state index contributed by atoms with van der Waals surface area (Å²) in [5, 5.41) is 3.89. The second kappa shape index (κ2) is 8.95. The van der Waals surface area contributed by atoms with Crippen LogP contribution in [0.2, 0.25) is 0 Å². The molecule has 2 aromatic rings. The van der Waals surface area contributed by atoms with Crippen LogP contribution in [0, 0.1) is 32.6 Å². The van der Waals surface area contributed by atoms with E-state index < -0.39 is 0 Å². The largest absolute Gasteiger partial charge is 0.356 e. The van der Waals surface area contributed by atoms with Crippen molar-refractivity contribution in [3.63, 3.8) is 0 Å². The molecular formula is C22H30N4OS. The molecule has 1 amide bonds. The van der Waals surface area contributed by atoms with Crippen LogP contribution in [0.5, 0.6) is 0 Å². The van der Waals surface area contributed by atoms with Crippen LogP contribution in [0.4, 0.5) is 11.5 Å². The van der Waals surface area contributed by atoms with Crippen LogP contribution < -0.4 is 10.2 Å². The van der Waals surface area contributed by atoms with Gasteiger partial charge in [0.1, 0.15) is 17.2 Å². The number of benzene rings is 1. The summed E-state index contributed by atoms with van der Waals surface area (Å²) in [6.45, 7) is 12.8. The van der Waals surface area contributed by atoms with Gasteiger partial charge in [-0.15, -0.1) is 0 Å². The molecule has 1 aliphatic heterocycles. The van der Waals surface area contributed by atoms with E-state index in [2.05, 4.69) is 53.1 Å². The number of nitrogens with zero attached hydrogens (tertiary/aromatic N) is 3. The van der Waals surface area contributed by atoms with Gasteiger partial charge >= 0.3 is 0 Å². The Morgan fingerprint density at radius 2 is 1.75 bits per heavy atom. The van der Waals surface area contributed by atoms with E-state index in [4.69, 9.17) is 0 Å². The van der Waals surface area contributed by atoms with Crippen molar-refractivity contribution >= 4 is 29.2 Å². The Labute approximate surface area is 172 Å². The van der Waals surface area contributed by atoms with Crippen molar-refractivity contribution in [2.75, 3.05) is 29.1 Å². The standard InChI is InChI=1S/C22H30N4OS/c1-14-7-17(4)22(18(5)8-14)25-20(27)12-28-21-9-19(23-13-24-21)26-10-15(2)6-16(3)11-26/h7-9,13,15-16H,6,10-12H2,1-5H3,(H,25,27)/t15-,16-/m1/s1. The summed E-state index contributed by atoms with van der Waals surface area (Å²) >= 11 is 1.45. The molecule has 1 saturated heterocycles. The minimum absolute atomic E-state index is 0.0135. The van der Waals surface area contributed by atoms with E-state index in [1.165, 1.54) is 23.7 Å². The van der Waals surface area contributed by atoms with Crippen molar-refractivity contribution in [2.24, 2.45) is 11.8 Å². The van der Waals surface area contributed by atoms with Gasteiger partial charge in [-0.05, 0) is 50.2 Å². The molecule has 0 aliphatic carbocycles. The summed E-state index contributed by atoms with van der Waals surface area (Å²) in [6, 6.07) is 6.19. The van der Waals surface area contributed by atoms with E-state index in [0.717, 1.165) is 40.7 Å². The Balaban J connectivity index is 1.61. The van der Waals surface area contributed by atoms with Crippen molar-refractivity contribution in [1.82, 2.24) is 9.97 Å². The first-order valence-corrected chi connectivity index (χ1v) is 10.9. The zero-order valence-corrected chi connectivity index (χ0v) is 18.3. The number of nitrogens with one attached hydrogen (secondary N) is 1. The van der Waals surface area contributed by atoms with Gasteiger partial charge in [0, 0.05) is 24.8 Å². The highest BCUT2D eigenvalue weighted by atomic mass is 32.2. The Bertz CT molecular complexity index is 821. The molecule has 0 radical (unpaired) electrons. The number of aryl methyl sites for hydroxylation is 3. The van der Waals surface area contributed by atoms with Crippen LogP contribution in [-0.2, 0) is 4.79 Å². The van der Waals surface area contributed by atoms with Crippen LogP contribution in [0.3, 0.4) is 0 Å². The van der Waals surface area contributed by atoms with Crippen molar-refractivity contribution < 1.29 is 4.79 Å². The summed E-state index contributed by atoms with van der Waals surface area (Å²) in [4.78, 5) is 23.6. The highest BCUT2D eigenvalue weighted by Crippen LogP contribution is 2.27. The highest BCUT2D eigenvalue weighted by Gasteiger charge is 2.23. The Morgan fingerprint density at radius 1 is 1.11 bits per heavy atom. The van der Waals surface area contributed by atoms with Gasteiger partial charge in [-0.1, -0.05) is 43.3 Å². The molecule has 0 bridgehead atoms. The normalized spacial score (nSPS) is 19.5. The molecule has 1 N–H and O–H groups in total. The van der Waals surface area contributed by atoms with Gasteiger partial charge < -0.3 is 10.2 Å². The Hall–Kier alpha value is -2.08. The lowest BCUT2D eigenvalue weighted by molar-refractivity contribution is -0.113. The van der Waals surface area contributed by atoms with Gasteiger partial charge in [0.05, 0.1) is 5.75 Å². The summed E-state index contributed by atoms with van der Waals surface area (Å²) in [5.74, 6) is 2.61. The molecule has 28 heavy (non-hydrogen) atoms. The summed E-state index contributed by atoms with van der Waals surface area (Å²) in [7, 11) is 0. The number of hydrogen-bond donors (Lipinski definition) is 1. The molecule has 6 heteroatoms.